The number of pyridine rings is 1. The zero-order valence-corrected chi connectivity index (χ0v) is 13.0. The van der Waals surface area contributed by atoms with Crippen LogP contribution in [0, 0.1) is 0 Å². The number of likely N-dealkylation sites (tertiary alicyclic amines) is 1. The number of carbonyl (C=O) groups excluding carboxylic acids is 2. The van der Waals surface area contributed by atoms with Gasteiger partial charge in [-0.3, -0.25) is 9.78 Å². The van der Waals surface area contributed by atoms with Gasteiger partial charge in [0.15, 0.2) is 5.78 Å². The second kappa shape index (κ2) is 5.84. The van der Waals surface area contributed by atoms with Crippen molar-refractivity contribution in [1.29, 1.82) is 0 Å². The molecule has 1 aliphatic rings. The molecule has 1 saturated heterocycles. The van der Waals surface area contributed by atoms with Gasteiger partial charge < -0.3 is 9.64 Å². The van der Waals surface area contributed by atoms with Gasteiger partial charge in [0.2, 0.25) is 0 Å². The van der Waals surface area contributed by atoms with E-state index >= 15 is 0 Å². The van der Waals surface area contributed by atoms with Crippen LogP contribution in [0.3, 0.4) is 0 Å². The van der Waals surface area contributed by atoms with Crippen molar-refractivity contribution in [3.63, 3.8) is 0 Å². The van der Waals surface area contributed by atoms with Crippen LogP contribution in [-0.4, -0.2) is 40.5 Å². The smallest absolute Gasteiger partial charge is 0.410 e. The summed E-state index contributed by atoms with van der Waals surface area (Å²) in [6.07, 6.45) is 2.21. The average Bonchev–Trinajstić information content (AvgIpc) is 2.86. The second-order valence-electron chi connectivity index (χ2n) is 6.44. The third-order valence-electron chi connectivity index (χ3n) is 3.45. The maximum Gasteiger partial charge on any atom is 0.410 e. The third kappa shape index (κ3) is 4.03. The van der Waals surface area contributed by atoms with Crippen molar-refractivity contribution in [2.45, 2.75) is 45.6 Å². The molecule has 0 spiro atoms. The largest absolute Gasteiger partial charge is 0.444 e. The Hall–Kier alpha value is -1.91. The Morgan fingerprint density at radius 2 is 2.10 bits per heavy atom. The van der Waals surface area contributed by atoms with E-state index < -0.39 is 5.60 Å². The molecule has 1 fully saturated rings. The summed E-state index contributed by atoms with van der Waals surface area (Å²) in [7, 11) is 0. The van der Waals surface area contributed by atoms with Crippen LogP contribution in [0.2, 0.25) is 0 Å². The lowest BCUT2D eigenvalue weighted by molar-refractivity contribution is 0.0292. The molecule has 114 valence electrons. The van der Waals surface area contributed by atoms with Crippen LogP contribution in [-0.2, 0) is 4.74 Å². The van der Waals surface area contributed by atoms with E-state index in [1.165, 1.54) is 0 Å². The number of Topliss-reactive ketones (excluding diaryl/α,β-unsaturated/α-hetero) is 1. The van der Waals surface area contributed by atoms with E-state index in [-0.39, 0.29) is 17.8 Å². The van der Waals surface area contributed by atoms with Crippen LogP contribution in [0.1, 0.15) is 56.1 Å². The maximum atomic E-state index is 12.0. The van der Waals surface area contributed by atoms with Gasteiger partial charge in [0.1, 0.15) is 5.60 Å². The minimum Gasteiger partial charge on any atom is -0.444 e. The second-order valence-corrected chi connectivity index (χ2v) is 6.44. The van der Waals surface area contributed by atoms with Crippen LogP contribution in [0.4, 0.5) is 4.79 Å². The van der Waals surface area contributed by atoms with Crippen molar-refractivity contribution in [2.75, 3.05) is 13.1 Å². The van der Waals surface area contributed by atoms with Gasteiger partial charge in [-0.1, -0.05) is 0 Å². The molecule has 0 N–H and O–H groups in total. The Labute approximate surface area is 125 Å². The molecule has 1 aromatic heterocycles. The number of rotatable bonds is 2. The lowest BCUT2D eigenvalue weighted by Crippen LogP contribution is -2.35. The molecule has 0 radical (unpaired) electrons. The number of hydrogen-bond acceptors (Lipinski definition) is 4. The van der Waals surface area contributed by atoms with Gasteiger partial charge in [-0.2, -0.15) is 0 Å². The summed E-state index contributed by atoms with van der Waals surface area (Å²) < 4.78 is 5.38. The third-order valence-corrected chi connectivity index (χ3v) is 3.45. The summed E-state index contributed by atoms with van der Waals surface area (Å²) >= 11 is 0. The molecule has 1 unspecified atom stereocenters. The van der Waals surface area contributed by atoms with Gasteiger partial charge in [-0.25, -0.2) is 4.79 Å². The quantitative estimate of drug-likeness (QED) is 0.786. The van der Waals surface area contributed by atoms with Gasteiger partial charge >= 0.3 is 6.09 Å². The van der Waals surface area contributed by atoms with E-state index in [1.807, 2.05) is 26.8 Å². The molecular formula is C16H22N2O3. The van der Waals surface area contributed by atoms with E-state index in [1.54, 1.807) is 24.1 Å². The van der Waals surface area contributed by atoms with Crippen molar-refractivity contribution < 1.29 is 14.3 Å². The van der Waals surface area contributed by atoms with Crippen LogP contribution in [0.15, 0.2) is 18.3 Å². The number of aromatic nitrogens is 1. The average molecular weight is 290 g/mol. The Balaban J connectivity index is 2.04. The van der Waals surface area contributed by atoms with Crippen LogP contribution in [0.25, 0.3) is 0 Å². The molecule has 1 aromatic rings. The minimum absolute atomic E-state index is 0.0284. The number of nitrogens with zero attached hydrogens (tertiary/aromatic N) is 2. The molecule has 5 heteroatoms. The first kappa shape index (κ1) is 15.5. The van der Waals surface area contributed by atoms with E-state index in [4.69, 9.17) is 4.74 Å². The van der Waals surface area contributed by atoms with Crippen molar-refractivity contribution in [1.82, 2.24) is 9.88 Å². The van der Waals surface area contributed by atoms with E-state index in [2.05, 4.69) is 4.98 Å². The highest BCUT2D eigenvalue weighted by Gasteiger charge is 2.31. The molecular weight excluding hydrogens is 268 g/mol. The highest BCUT2D eigenvalue weighted by Crippen LogP contribution is 2.27. The Kier molecular flexibility index (Phi) is 4.30. The number of carbonyl (C=O) groups is 2. The van der Waals surface area contributed by atoms with E-state index in [0.717, 1.165) is 12.1 Å². The number of ketones is 1. The van der Waals surface area contributed by atoms with Crippen LogP contribution >= 0.6 is 0 Å². The first-order chi connectivity index (χ1) is 9.76. The van der Waals surface area contributed by atoms with Gasteiger partial charge in [-0.05, 0) is 46.2 Å². The fraction of sp³-hybridized carbons (Fsp3) is 0.562. The molecule has 1 amide bonds. The molecule has 0 aliphatic carbocycles. The molecule has 2 rings (SSSR count). The lowest BCUT2D eigenvalue weighted by Gasteiger charge is -2.24. The summed E-state index contributed by atoms with van der Waals surface area (Å²) in [6.45, 7) is 8.36. The normalized spacial score (nSPS) is 18.7. The summed E-state index contributed by atoms with van der Waals surface area (Å²) in [6, 6.07) is 3.54. The molecule has 1 atom stereocenters. The lowest BCUT2D eigenvalue weighted by atomic mass is 10.0. The maximum absolute atomic E-state index is 12.0. The first-order valence-electron chi connectivity index (χ1n) is 7.21. The van der Waals surface area contributed by atoms with Crippen molar-refractivity contribution in [2.24, 2.45) is 0 Å². The van der Waals surface area contributed by atoms with Crippen molar-refractivity contribution >= 4 is 11.9 Å². The van der Waals surface area contributed by atoms with E-state index in [9.17, 15) is 9.59 Å². The summed E-state index contributed by atoms with van der Waals surface area (Å²) in [5.41, 5.74) is 1.05. The predicted octanol–water partition coefficient (Wildman–Crippen LogP) is 3.01. The van der Waals surface area contributed by atoms with Crippen LogP contribution < -0.4 is 0 Å². The fourth-order valence-electron chi connectivity index (χ4n) is 2.38. The summed E-state index contributed by atoms with van der Waals surface area (Å²) in [4.78, 5) is 29.5. The van der Waals surface area contributed by atoms with Gasteiger partial charge in [0.25, 0.3) is 0 Å². The molecule has 0 saturated carbocycles. The summed E-state index contributed by atoms with van der Waals surface area (Å²) in [5.74, 6) is 0.192. The summed E-state index contributed by atoms with van der Waals surface area (Å²) in [5, 5.41) is 0. The Bertz CT molecular complexity index is 549. The molecule has 0 aromatic carbocycles. The number of hydrogen-bond donors (Lipinski definition) is 0. The molecule has 1 aliphatic heterocycles. The standard InChI is InChI=1S/C16H22N2O3/c1-11(19)12-5-7-17-14(9-12)13-6-8-18(10-13)15(20)21-16(2,3)4/h5,7,9,13H,6,8,10H2,1-4H3. The highest BCUT2D eigenvalue weighted by atomic mass is 16.6. The van der Waals surface area contributed by atoms with E-state index in [0.29, 0.717) is 18.7 Å². The van der Waals surface area contributed by atoms with Crippen molar-refractivity contribution in [3.05, 3.63) is 29.6 Å². The Morgan fingerprint density at radius 3 is 2.71 bits per heavy atom. The van der Waals surface area contributed by atoms with Crippen LogP contribution in [0.5, 0.6) is 0 Å². The van der Waals surface area contributed by atoms with Gasteiger partial charge in [0.05, 0.1) is 0 Å². The zero-order chi connectivity index (χ0) is 15.6. The first-order valence-corrected chi connectivity index (χ1v) is 7.21. The monoisotopic (exact) mass is 290 g/mol. The topological polar surface area (TPSA) is 59.5 Å². The highest BCUT2D eigenvalue weighted by molar-refractivity contribution is 5.94. The molecule has 2 heterocycles. The van der Waals surface area contributed by atoms with Gasteiger partial charge in [-0.15, -0.1) is 0 Å². The molecule has 5 nitrogen and oxygen atoms in total. The zero-order valence-electron chi connectivity index (χ0n) is 13.0. The Morgan fingerprint density at radius 1 is 1.38 bits per heavy atom. The van der Waals surface area contributed by atoms with Crippen molar-refractivity contribution in [3.8, 4) is 0 Å². The number of ether oxygens (including phenoxy) is 1. The molecule has 21 heavy (non-hydrogen) atoms. The van der Waals surface area contributed by atoms with Gasteiger partial charge in [0, 0.05) is 36.5 Å². The predicted molar refractivity (Wildman–Crippen MR) is 79.4 cm³/mol. The molecule has 0 bridgehead atoms. The minimum atomic E-state index is -0.484. The number of amides is 1. The fourth-order valence-corrected chi connectivity index (χ4v) is 2.38. The SMILES string of the molecule is CC(=O)c1ccnc(C2CCN(C(=O)OC(C)(C)C)C2)c1.